The molecule has 0 aromatic heterocycles. The molecular weight excluding hydrogens is 230 g/mol. The Morgan fingerprint density at radius 2 is 2.00 bits per heavy atom. The first-order valence-electron chi connectivity index (χ1n) is 6.27. The molecule has 1 aromatic rings. The van der Waals surface area contributed by atoms with Crippen molar-refractivity contribution in [3.63, 3.8) is 0 Å². The van der Waals surface area contributed by atoms with E-state index < -0.39 is 0 Å². The molecule has 0 aliphatic carbocycles. The minimum atomic E-state index is 0.0239. The fraction of sp³-hybridized carbons (Fsp3) is 0.500. The number of nitrogens with zero attached hydrogens (tertiary/aromatic N) is 1. The van der Waals surface area contributed by atoms with Gasteiger partial charge in [0.25, 0.3) is 5.91 Å². The summed E-state index contributed by atoms with van der Waals surface area (Å²) in [7, 11) is 0. The minimum absolute atomic E-state index is 0.0239. The lowest BCUT2D eigenvalue weighted by atomic mass is 10.00. The predicted molar refractivity (Wildman–Crippen MR) is 68.7 cm³/mol. The maximum atomic E-state index is 12.0. The van der Waals surface area contributed by atoms with E-state index in [1.54, 1.807) is 17.0 Å². The van der Waals surface area contributed by atoms with Gasteiger partial charge in [0.2, 0.25) is 0 Å². The van der Waals surface area contributed by atoms with Crippen molar-refractivity contribution in [2.45, 2.75) is 20.0 Å². The molecule has 1 aliphatic heterocycles. The van der Waals surface area contributed by atoms with Crippen molar-refractivity contribution in [3.05, 3.63) is 29.8 Å². The van der Waals surface area contributed by atoms with Gasteiger partial charge in [0, 0.05) is 31.2 Å². The van der Waals surface area contributed by atoms with E-state index in [0.29, 0.717) is 18.7 Å². The van der Waals surface area contributed by atoms with Crippen LogP contribution in [0.5, 0.6) is 5.75 Å². The van der Waals surface area contributed by atoms with Crippen molar-refractivity contribution in [2.24, 2.45) is 5.92 Å². The smallest absolute Gasteiger partial charge is 0.253 e. The van der Waals surface area contributed by atoms with Crippen LogP contribution in [-0.4, -0.2) is 41.7 Å². The molecule has 0 spiro atoms. The third-order valence-corrected chi connectivity index (χ3v) is 2.98. The molecule has 0 unspecified atom stereocenters. The van der Waals surface area contributed by atoms with Crippen LogP contribution in [0, 0.1) is 5.92 Å². The molecular formula is C14H19NO3. The number of rotatable bonds is 4. The Labute approximate surface area is 107 Å². The van der Waals surface area contributed by atoms with Gasteiger partial charge in [-0.3, -0.25) is 4.79 Å². The van der Waals surface area contributed by atoms with Crippen LogP contribution < -0.4 is 4.74 Å². The summed E-state index contributed by atoms with van der Waals surface area (Å²) in [6.07, 6.45) is 0.132. The van der Waals surface area contributed by atoms with Gasteiger partial charge in [-0.05, 0) is 38.1 Å². The fourth-order valence-electron chi connectivity index (χ4n) is 1.98. The van der Waals surface area contributed by atoms with Gasteiger partial charge in [0.1, 0.15) is 5.75 Å². The number of hydrogen-bond donors (Lipinski definition) is 1. The first-order chi connectivity index (χ1) is 8.60. The highest BCUT2D eigenvalue weighted by molar-refractivity contribution is 5.94. The average Bonchev–Trinajstić information content (AvgIpc) is 2.27. The normalized spacial score (nSPS) is 15.7. The quantitative estimate of drug-likeness (QED) is 0.880. The number of aliphatic hydroxyl groups excluding tert-OH is 1. The summed E-state index contributed by atoms with van der Waals surface area (Å²) < 4.78 is 5.53. The van der Waals surface area contributed by atoms with E-state index >= 15 is 0 Å². The standard InChI is InChI=1S/C14H19NO3/c1-10(2)18-13-5-3-12(4-6-13)14(17)15-7-11(8-15)9-16/h3-6,10-11,16H,7-9H2,1-2H3. The van der Waals surface area contributed by atoms with Crippen molar-refractivity contribution >= 4 is 5.91 Å². The number of carbonyl (C=O) groups excluding carboxylic acids is 1. The van der Waals surface area contributed by atoms with Gasteiger partial charge < -0.3 is 14.7 Å². The summed E-state index contributed by atoms with van der Waals surface area (Å²) in [5, 5.41) is 8.92. The molecule has 0 atom stereocenters. The summed E-state index contributed by atoms with van der Waals surface area (Å²) in [6.45, 7) is 5.40. The first-order valence-corrected chi connectivity index (χ1v) is 6.27. The summed E-state index contributed by atoms with van der Waals surface area (Å²) in [5.74, 6) is 1.05. The molecule has 98 valence electrons. The maximum absolute atomic E-state index is 12.0. The van der Waals surface area contributed by atoms with Crippen molar-refractivity contribution < 1.29 is 14.6 Å². The molecule has 0 bridgehead atoms. The molecule has 1 N–H and O–H groups in total. The van der Waals surface area contributed by atoms with Gasteiger partial charge in [0.15, 0.2) is 0 Å². The molecule has 18 heavy (non-hydrogen) atoms. The molecule has 4 nitrogen and oxygen atoms in total. The Morgan fingerprint density at radius 3 is 2.50 bits per heavy atom. The topological polar surface area (TPSA) is 49.8 Å². The summed E-state index contributed by atoms with van der Waals surface area (Å²) >= 11 is 0. The van der Waals surface area contributed by atoms with Gasteiger partial charge in [0.05, 0.1) is 6.10 Å². The number of likely N-dealkylation sites (tertiary alicyclic amines) is 1. The maximum Gasteiger partial charge on any atom is 0.253 e. The van der Waals surface area contributed by atoms with Gasteiger partial charge in [-0.25, -0.2) is 0 Å². The van der Waals surface area contributed by atoms with E-state index in [1.807, 2.05) is 26.0 Å². The number of benzene rings is 1. The zero-order valence-electron chi connectivity index (χ0n) is 10.8. The minimum Gasteiger partial charge on any atom is -0.491 e. The Hall–Kier alpha value is -1.55. The van der Waals surface area contributed by atoms with Crippen LogP contribution >= 0.6 is 0 Å². The molecule has 4 heteroatoms. The number of carbonyl (C=O) groups is 1. The Morgan fingerprint density at radius 1 is 1.39 bits per heavy atom. The van der Waals surface area contributed by atoms with Gasteiger partial charge in [-0.1, -0.05) is 0 Å². The summed E-state index contributed by atoms with van der Waals surface area (Å²) in [5.41, 5.74) is 0.669. The lowest BCUT2D eigenvalue weighted by Gasteiger charge is -2.38. The van der Waals surface area contributed by atoms with E-state index in [1.165, 1.54) is 0 Å². The Balaban J connectivity index is 1.95. The van der Waals surface area contributed by atoms with Crippen molar-refractivity contribution in [1.82, 2.24) is 4.90 Å². The first kappa shape index (κ1) is 12.9. The lowest BCUT2D eigenvalue weighted by Crippen LogP contribution is -2.51. The van der Waals surface area contributed by atoms with Crippen molar-refractivity contribution in [3.8, 4) is 5.75 Å². The zero-order valence-corrected chi connectivity index (χ0v) is 10.8. The second kappa shape index (κ2) is 5.40. The lowest BCUT2D eigenvalue weighted by molar-refractivity contribution is 0.0362. The Bertz CT molecular complexity index is 408. The van der Waals surface area contributed by atoms with Crippen LogP contribution in [0.4, 0.5) is 0 Å². The van der Waals surface area contributed by atoms with Crippen LogP contribution in [0.3, 0.4) is 0 Å². The second-order valence-electron chi connectivity index (χ2n) is 4.95. The molecule has 0 saturated carbocycles. The van der Waals surface area contributed by atoms with E-state index in [2.05, 4.69) is 0 Å². The van der Waals surface area contributed by atoms with Crippen LogP contribution in [0.25, 0.3) is 0 Å². The molecule has 2 rings (SSSR count). The van der Waals surface area contributed by atoms with Gasteiger partial charge in [-0.2, -0.15) is 0 Å². The van der Waals surface area contributed by atoms with Gasteiger partial charge in [-0.15, -0.1) is 0 Å². The predicted octanol–water partition coefficient (Wildman–Crippen LogP) is 1.54. The third-order valence-electron chi connectivity index (χ3n) is 2.98. The SMILES string of the molecule is CC(C)Oc1ccc(C(=O)N2CC(CO)C2)cc1. The van der Waals surface area contributed by atoms with E-state index in [-0.39, 0.29) is 24.5 Å². The van der Waals surface area contributed by atoms with Crippen LogP contribution in [0.2, 0.25) is 0 Å². The molecule has 1 aromatic carbocycles. The largest absolute Gasteiger partial charge is 0.491 e. The number of amides is 1. The van der Waals surface area contributed by atoms with Crippen molar-refractivity contribution in [2.75, 3.05) is 19.7 Å². The van der Waals surface area contributed by atoms with E-state index in [4.69, 9.17) is 9.84 Å². The van der Waals surface area contributed by atoms with Crippen molar-refractivity contribution in [1.29, 1.82) is 0 Å². The molecule has 1 fully saturated rings. The summed E-state index contributed by atoms with van der Waals surface area (Å²) in [6, 6.07) is 7.20. The van der Waals surface area contributed by atoms with Crippen LogP contribution in [0.15, 0.2) is 24.3 Å². The highest BCUT2D eigenvalue weighted by Crippen LogP contribution is 2.20. The second-order valence-corrected chi connectivity index (χ2v) is 4.95. The zero-order chi connectivity index (χ0) is 13.1. The van der Waals surface area contributed by atoms with E-state index in [0.717, 1.165) is 5.75 Å². The third kappa shape index (κ3) is 2.82. The fourth-order valence-corrected chi connectivity index (χ4v) is 1.98. The highest BCUT2D eigenvalue weighted by Gasteiger charge is 2.30. The summed E-state index contributed by atoms with van der Waals surface area (Å²) in [4.78, 5) is 13.8. The molecule has 1 aliphatic rings. The molecule has 1 saturated heterocycles. The monoisotopic (exact) mass is 249 g/mol. The molecule has 1 heterocycles. The average molecular weight is 249 g/mol. The number of aliphatic hydroxyl groups is 1. The molecule has 1 amide bonds. The van der Waals surface area contributed by atoms with Gasteiger partial charge >= 0.3 is 0 Å². The Kier molecular flexibility index (Phi) is 3.87. The number of ether oxygens (including phenoxy) is 1. The van der Waals surface area contributed by atoms with E-state index in [9.17, 15) is 4.79 Å². The van der Waals surface area contributed by atoms with Crippen LogP contribution in [-0.2, 0) is 0 Å². The highest BCUT2D eigenvalue weighted by atomic mass is 16.5. The number of hydrogen-bond acceptors (Lipinski definition) is 3. The molecule has 0 radical (unpaired) electrons. The van der Waals surface area contributed by atoms with Crippen LogP contribution in [0.1, 0.15) is 24.2 Å².